The molecule has 2 aromatic rings. The minimum atomic E-state index is -1.03. The highest BCUT2D eigenvalue weighted by molar-refractivity contribution is 5.90. The van der Waals surface area contributed by atoms with E-state index in [1.165, 1.54) is 6.07 Å². The third-order valence-electron chi connectivity index (χ3n) is 3.16. The number of aliphatic carboxylic acids is 1. The predicted octanol–water partition coefficient (Wildman–Crippen LogP) is 3.99. The Kier molecular flexibility index (Phi) is 4.38. The molecule has 0 saturated carbocycles. The van der Waals surface area contributed by atoms with Crippen LogP contribution in [0.15, 0.2) is 48.5 Å². The van der Waals surface area contributed by atoms with E-state index in [2.05, 4.69) is 0 Å². The van der Waals surface area contributed by atoms with Gasteiger partial charge in [0.25, 0.3) is 0 Å². The Morgan fingerprint density at radius 2 is 1.86 bits per heavy atom. The lowest BCUT2D eigenvalue weighted by molar-refractivity contribution is -0.131. The maximum Gasteiger partial charge on any atom is 0.328 e. The van der Waals surface area contributed by atoms with Gasteiger partial charge >= 0.3 is 5.97 Å². The van der Waals surface area contributed by atoms with Crippen LogP contribution in [0.1, 0.15) is 12.5 Å². The Labute approximate surface area is 122 Å². The Morgan fingerprint density at radius 1 is 1.19 bits per heavy atom. The van der Waals surface area contributed by atoms with E-state index in [0.29, 0.717) is 28.0 Å². The molecule has 0 unspecified atom stereocenters. The average Bonchev–Trinajstić information content (AvgIpc) is 2.47. The van der Waals surface area contributed by atoms with Gasteiger partial charge in [-0.2, -0.15) is 0 Å². The molecule has 1 N–H and O–H groups in total. The van der Waals surface area contributed by atoms with E-state index in [9.17, 15) is 9.18 Å². The van der Waals surface area contributed by atoms with Crippen LogP contribution < -0.4 is 4.74 Å². The first-order chi connectivity index (χ1) is 10.0. The van der Waals surface area contributed by atoms with Crippen LogP contribution >= 0.6 is 0 Å². The number of hydrogen-bond donors (Lipinski definition) is 1. The van der Waals surface area contributed by atoms with Crippen LogP contribution in [0, 0.1) is 5.82 Å². The Hall–Kier alpha value is -2.62. The topological polar surface area (TPSA) is 46.5 Å². The molecule has 0 aliphatic carbocycles. The number of halogens is 1. The van der Waals surface area contributed by atoms with Crippen molar-refractivity contribution in [2.24, 2.45) is 0 Å². The zero-order chi connectivity index (χ0) is 15.4. The lowest BCUT2D eigenvalue weighted by atomic mass is 9.99. The molecule has 0 aliphatic rings. The average molecular weight is 286 g/mol. The number of rotatable bonds is 4. The van der Waals surface area contributed by atoms with Gasteiger partial charge in [-0.25, -0.2) is 9.18 Å². The summed E-state index contributed by atoms with van der Waals surface area (Å²) >= 11 is 0. The smallest absolute Gasteiger partial charge is 0.328 e. The third kappa shape index (κ3) is 3.48. The molecular formula is C17H15FO3. The number of allylic oxidation sites excluding steroid dienone is 1. The van der Waals surface area contributed by atoms with E-state index in [1.54, 1.807) is 50.4 Å². The lowest BCUT2D eigenvalue weighted by Crippen LogP contribution is -1.92. The summed E-state index contributed by atoms with van der Waals surface area (Å²) in [5, 5.41) is 8.78. The minimum absolute atomic E-state index is 0.355. The molecule has 0 aromatic heterocycles. The highest BCUT2D eigenvalue weighted by Gasteiger charge is 2.08. The van der Waals surface area contributed by atoms with Crippen LogP contribution in [0.4, 0.5) is 4.39 Å². The summed E-state index contributed by atoms with van der Waals surface area (Å²) in [5.74, 6) is -0.688. The molecule has 2 rings (SSSR count). The fourth-order valence-corrected chi connectivity index (χ4v) is 2.03. The highest BCUT2D eigenvalue weighted by Crippen LogP contribution is 2.28. The summed E-state index contributed by atoms with van der Waals surface area (Å²) in [4.78, 5) is 10.7. The maximum atomic E-state index is 14.0. The van der Waals surface area contributed by atoms with Crippen LogP contribution in [0.5, 0.6) is 5.75 Å². The zero-order valence-electron chi connectivity index (χ0n) is 11.8. The van der Waals surface area contributed by atoms with Crippen LogP contribution in [0.2, 0.25) is 0 Å². The molecule has 0 saturated heterocycles. The number of carbonyl (C=O) groups is 1. The molecule has 0 spiro atoms. The van der Waals surface area contributed by atoms with Gasteiger partial charge in [-0.1, -0.05) is 18.2 Å². The SMILES string of the molecule is COc1ccc(-c2cc(/C(C)=C/C(=O)O)ccc2F)cc1. The zero-order valence-corrected chi connectivity index (χ0v) is 11.8. The second-order valence-electron chi connectivity index (χ2n) is 4.59. The fraction of sp³-hybridized carbons (Fsp3) is 0.118. The number of carboxylic acid groups (broad SMARTS) is 1. The van der Waals surface area contributed by atoms with Gasteiger partial charge < -0.3 is 9.84 Å². The highest BCUT2D eigenvalue weighted by atomic mass is 19.1. The van der Waals surface area contributed by atoms with Crippen molar-refractivity contribution in [3.05, 3.63) is 59.9 Å². The summed E-state index contributed by atoms with van der Waals surface area (Å²) in [7, 11) is 1.57. The third-order valence-corrected chi connectivity index (χ3v) is 3.16. The molecule has 0 atom stereocenters. The first-order valence-electron chi connectivity index (χ1n) is 6.37. The lowest BCUT2D eigenvalue weighted by Gasteiger charge is -2.08. The number of ether oxygens (including phenoxy) is 1. The molecule has 0 aliphatic heterocycles. The first kappa shape index (κ1) is 14.8. The van der Waals surface area contributed by atoms with E-state index in [1.807, 2.05) is 0 Å². The summed E-state index contributed by atoms with van der Waals surface area (Å²) in [6, 6.07) is 11.6. The largest absolute Gasteiger partial charge is 0.497 e. The van der Waals surface area contributed by atoms with Crippen molar-refractivity contribution in [2.75, 3.05) is 7.11 Å². The van der Waals surface area contributed by atoms with Crippen LogP contribution in [-0.4, -0.2) is 18.2 Å². The summed E-state index contributed by atoms with van der Waals surface area (Å²) in [6.07, 6.45) is 1.10. The van der Waals surface area contributed by atoms with E-state index in [-0.39, 0.29) is 5.82 Å². The Morgan fingerprint density at radius 3 is 2.43 bits per heavy atom. The van der Waals surface area contributed by atoms with Crippen LogP contribution in [0.25, 0.3) is 16.7 Å². The second-order valence-corrected chi connectivity index (χ2v) is 4.59. The van der Waals surface area contributed by atoms with Crippen molar-refractivity contribution < 1.29 is 19.0 Å². The molecule has 2 aromatic carbocycles. The number of carboxylic acids is 1. The molecular weight excluding hydrogens is 271 g/mol. The maximum absolute atomic E-state index is 14.0. The molecule has 0 radical (unpaired) electrons. The first-order valence-corrected chi connectivity index (χ1v) is 6.37. The second kappa shape index (κ2) is 6.22. The van der Waals surface area contributed by atoms with Gasteiger partial charge in [0.2, 0.25) is 0 Å². The summed E-state index contributed by atoms with van der Waals surface area (Å²) in [5.41, 5.74) is 2.37. The van der Waals surface area contributed by atoms with Crippen LogP contribution in [-0.2, 0) is 4.79 Å². The van der Waals surface area contributed by atoms with Crippen LogP contribution in [0.3, 0.4) is 0 Å². The van der Waals surface area contributed by atoms with Crippen molar-refractivity contribution in [3.8, 4) is 16.9 Å². The quantitative estimate of drug-likeness (QED) is 0.864. The Bertz CT molecular complexity index is 688. The van der Waals surface area contributed by atoms with Gasteiger partial charge in [-0.15, -0.1) is 0 Å². The van der Waals surface area contributed by atoms with E-state index in [0.717, 1.165) is 6.08 Å². The van der Waals surface area contributed by atoms with Gasteiger partial charge in [0, 0.05) is 11.6 Å². The van der Waals surface area contributed by atoms with E-state index < -0.39 is 5.97 Å². The van der Waals surface area contributed by atoms with Gasteiger partial charge in [0.15, 0.2) is 0 Å². The molecule has 21 heavy (non-hydrogen) atoms. The van der Waals surface area contributed by atoms with Crippen molar-refractivity contribution in [3.63, 3.8) is 0 Å². The number of benzene rings is 2. The minimum Gasteiger partial charge on any atom is -0.497 e. The van der Waals surface area contributed by atoms with Gasteiger partial charge in [0.1, 0.15) is 11.6 Å². The number of hydrogen-bond acceptors (Lipinski definition) is 2. The molecule has 108 valence electrons. The van der Waals surface area contributed by atoms with Crippen molar-refractivity contribution in [1.29, 1.82) is 0 Å². The molecule has 3 nitrogen and oxygen atoms in total. The fourth-order valence-electron chi connectivity index (χ4n) is 2.03. The van der Waals surface area contributed by atoms with Gasteiger partial charge in [-0.05, 0) is 47.9 Å². The van der Waals surface area contributed by atoms with E-state index >= 15 is 0 Å². The van der Waals surface area contributed by atoms with Gasteiger partial charge in [0.05, 0.1) is 7.11 Å². The van der Waals surface area contributed by atoms with Gasteiger partial charge in [-0.3, -0.25) is 0 Å². The molecule has 0 heterocycles. The molecule has 4 heteroatoms. The Balaban J connectivity index is 2.45. The standard InChI is InChI=1S/C17H15FO3/c1-11(9-17(19)20)13-5-8-16(18)15(10-13)12-3-6-14(21-2)7-4-12/h3-10H,1-2H3,(H,19,20)/b11-9+. The normalized spacial score (nSPS) is 11.3. The van der Waals surface area contributed by atoms with E-state index in [4.69, 9.17) is 9.84 Å². The summed E-state index contributed by atoms with van der Waals surface area (Å²) in [6.45, 7) is 1.68. The molecule has 0 amide bonds. The van der Waals surface area contributed by atoms with Crippen molar-refractivity contribution in [1.82, 2.24) is 0 Å². The summed E-state index contributed by atoms with van der Waals surface area (Å²) < 4.78 is 19.1. The van der Waals surface area contributed by atoms with Crippen molar-refractivity contribution in [2.45, 2.75) is 6.92 Å². The predicted molar refractivity (Wildman–Crippen MR) is 79.7 cm³/mol. The number of methoxy groups -OCH3 is 1. The molecule has 0 fully saturated rings. The monoisotopic (exact) mass is 286 g/mol. The molecule has 0 bridgehead atoms. The van der Waals surface area contributed by atoms with Crippen molar-refractivity contribution >= 4 is 11.5 Å².